The van der Waals surface area contributed by atoms with Crippen LogP contribution in [0.25, 0.3) is 0 Å². The van der Waals surface area contributed by atoms with Crippen LogP contribution in [0.2, 0.25) is 0 Å². The van der Waals surface area contributed by atoms with Gasteiger partial charge in [-0.2, -0.15) is 12.6 Å². The molecule has 0 aromatic carbocycles. The highest BCUT2D eigenvalue weighted by Gasteiger charge is 2.28. The second-order valence-corrected chi connectivity index (χ2v) is 5.84. The highest BCUT2D eigenvalue weighted by Crippen LogP contribution is 2.37. The van der Waals surface area contributed by atoms with Crippen molar-refractivity contribution < 1.29 is 0 Å². The second-order valence-electron chi connectivity index (χ2n) is 5.39. The van der Waals surface area contributed by atoms with Gasteiger partial charge in [-0.1, -0.05) is 33.1 Å². The van der Waals surface area contributed by atoms with Crippen molar-refractivity contribution in [2.45, 2.75) is 65.2 Å². The minimum atomic E-state index is 0.871. The van der Waals surface area contributed by atoms with Gasteiger partial charge in [0.1, 0.15) is 0 Å². The highest BCUT2D eigenvalue weighted by atomic mass is 32.1. The van der Waals surface area contributed by atoms with Gasteiger partial charge in [-0.15, -0.1) is 11.8 Å². The van der Waals surface area contributed by atoms with E-state index in [2.05, 4.69) is 38.3 Å². The Balaban J connectivity index is 2.59. The zero-order valence-electron chi connectivity index (χ0n) is 11.5. The summed E-state index contributed by atoms with van der Waals surface area (Å²) in [6.45, 7) is 4.62. The van der Waals surface area contributed by atoms with E-state index in [-0.39, 0.29) is 0 Å². The molecule has 0 aliphatic heterocycles. The first-order valence-electron chi connectivity index (χ1n) is 7.40. The van der Waals surface area contributed by atoms with Crippen LogP contribution in [0.5, 0.6) is 0 Å². The van der Waals surface area contributed by atoms with Crippen molar-refractivity contribution in [1.29, 1.82) is 0 Å². The molecule has 1 heteroatoms. The molecule has 98 valence electrons. The van der Waals surface area contributed by atoms with E-state index in [0.717, 1.165) is 36.3 Å². The second kappa shape index (κ2) is 8.92. The van der Waals surface area contributed by atoms with E-state index in [0.29, 0.717) is 0 Å². The molecule has 0 bridgehead atoms. The lowest BCUT2D eigenvalue weighted by atomic mass is 9.71. The van der Waals surface area contributed by atoms with Gasteiger partial charge < -0.3 is 0 Å². The summed E-state index contributed by atoms with van der Waals surface area (Å²) < 4.78 is 0. The van der Waals surface area contributed by atoms with Crippen molar-refractivity contribution in [3.05, 3.63) is 0 Å². The summed E-state index contributed by atoms with van der Waals surface area (Å²) in [6, 6.07) is 0. The van der Waals surface area contributed by atoms with Crippen LogP contribution in [0, 0.1) is 29.6 Å². The SMILES string of the molecule is CCCC1CC#CCC1C(CCC)CCCS. The van der Waals surface area contributed by atoms with Crippen molar-refractivity contribution in [2.75, 3.05) is 5.75 Å². The zero-order valence-corrected chi connectivity index (χ0v) is 12.4. The van der Waals surface area contributed by atoms with Crippen LogP contribution in [0.4, 0.5) is 0 Å². The molecule has 0 N–H and O–H groups in total. The zero-order chi connectivity index (χ0) is 12.5. The molecular weight excluding hydrogens is 224 g/mol. The Hall–Kier alpha value is -0.0900. The average Bonchev–Trinajstić information content (AvgIpc) is 2.36. The normalized spacial score (nSPS) is 25.1. The van der Waals surface area contributed by atoms with Crippen LogP contribution in [-0.2, 0) is 0 Å². The molecular formula is C16H28S. The van der Waals surface area contributed by atoms with Gasteiger partial charge in [-0.05, 0) is 42.8 Å². The molecule has 0 nitrogen and oxygen atoms in total. The lowest BCUT2D eigenvalue weighted by molar-refractivity contribution is 0.192. The maximum absolute atomic E-state index is 4.36. The van der Waals surface area contributed by atoms with Gasteiger partial charge in [0.15, 0.2) is 0 Å². The molecule has 0 heterocycles. The largest absolute Gasteiger partial charge is 0.179 e. The molecule has 3 atom stereocenters. The maximum atomic E-state index is 4.36. The van der Waals surface area contributed by atoms with E-state index >= 15 is 0 Å². The molecule has 0 aromatic heterocycles. The number of hydrogen-bond donors (Lipinski definition) is 1. The smallest absolute Gasteiger partial charge is 0.0123 e. The molecule has 3 unspecified atom stereocenters. The van der Waals surface area contributed by atoms with Crippen molar-refractivity contribution in [2.24, 2.45) is 17.8 Å². The minimum absolute atomic E-state index is 0.871. The van der Waals surface area contributed by atoms with E-state index in [4.69, 9.17) is 0 Å². The van der Waals surface area contributed by atoms with Crippen molar-refractivity contribution in [3.63, 3.8) is 0 Å². The van der Waals surface area contributed by atoms with Gasteiger partial charge in [-0.3, -0.25) is 0 Å². The average molecular weight is 252 g/mol. The highest BCUT2D eigenvalue weighted by molar-refractivity contribution is 7.80. The summed E-state index contributed by atoms with van der Waals surface area (Å²) in [4.78, 5) is 0. The Kier molecular flexibility index (Phi) is 7.86. The first kappa shape index (κ1) is 15.0. The predicted molar refractivity (Wildman–Crippen MR) is 80.4 cm³/mol. The minimum Gasteiger partial charge on any atom is -0.179 e. The van der Waals surface area contributed by atoms with Gasteiger partial charge in [-0.25, -0.2) is 0 Å². The molecule has 17 heavy (non-hydrogen) atoms. The molecule has 0 fully saturated rings. The fourth-order valence-corrected chi connectivity index (χ4v) is 3.43. The van der Waals surface area contributed by atoms with Crippen molar-refractivity contribution in [3.8, 4) is 11.8 Å². The number of rotatable bonds is 8. The standard InChI is InChI=1S/C16H28S/c1-3-8-14-10-5-6-12-16(14)15(9-4-2)11-7-13-17/h14-17H,3-4,7-13H2,1-2H3. The van der Waals surface area contributed by atoms with E-state index in [1.54, 1.807) is 0 Å². The third-order valence-electron chi connectivity index (χ3n) is 4.09. The van der Waals surface area contributed by atoms with Gasteiger partial charge in [0.05, 0.1) is 0 Å². The Morgan fingerprint density at radius 2 is 1.88 bits per heavy atom. The topological polar surface area (TPSA) is 0 Å². The van der Waals surface area contributed by atoms with Gasteiger partial charge in [0, 0.05) is 12.8 Å². The summed E-state index contributed by atoms with van der Waals surface area (Å²) >= 11 is 4.36. The molecule has 0 amide bonds. The van der Waals surface area contributed by atoms with Crippen LogP contribution in [0.1, 0.15) is 65.2 Å². The molecule has 0 saturated heterocycles. The molecule has 1 aliphatic rings. The van der Waals surface area contributed by atoms with E-state index < -0.39 is 0 Å². The Labute approximate surface area is 113 Å². The third kappa shape index (κ3) is 4.96. The molecule has 1 rings (SSSR count). The van der Waals surface area contributed by atoms with Gasteiger partial charge in [0.2, 0.25) is 0 Å². The molecule has 0 radical (unpaired) electrons. The molecule has 0 spiro atoms. The monoisotopic (exact) mass is 252 g/mol. The quantitative estimate of drug-likeness (QED) is 0.459. The van der Waals surface area contributed by atoms with E-state index in [1.807, 2.05) is 0 Å². The summed E-state index contributed by atoms with van der Waals surface area (Å²) in [5.41, 5.74) is 0. The van der Waals surface area contributed by atoms with E-state index in [1.165, 1.54) is 38.5 Å². The van der Waals surface area contributed by atoms with E-state index in [9.17, 15) is 0 Å². The summed E-state index contributed by atoms with van der Waals surface area (Å²) in [5, 5.41) is 0. The lowest BCUT2D eigenvalue weighted by Crippen LogP contribution is -2.25. The Morgan fingerprint density at radius 1 is 1.12 bits per heavy atom. The van der Waals surface area contributed by atoms with Gasteiger partial charge >= 0.3 is 0 Å². The first-order chi connectivity index (χ1) is 8.33. The van der Waals surface area contributed by atoms with Crippen LogP contribution < -0.4 is 0 Å². The molecule has 0 saturated carbocycles. The first-order valence-corrected chi connectivity index (χ1v) is 8.03. The Morgan fingerprint density at radius 3 is 2.53 bits per heavy atom. The third-order valence-corrected chi connectivity index (χ3v) is 4.41. The lowest BCUT2D eigenvalue weighted by Gasteiger charge is -2.33. The summed E-state index contributed by atoms with van der Waals surface area (Å²) in [5.74, 6) is 10.4. The van der Waals surface area contributed by atoms with Crippen LogP contribution in [0.3, 0.4) is 0 Å². The van der Waals surface area contributed by atoms with Crippen molar-refractivity contribution in [1.82, 2.24) is 0 Å². The van der Waals surface area contributed by atoms with Gasteiger partial charge in [0.25, 0.3) is 0 Å². The summed E-state index contributed by atoms with van der Waals surface area (Å²) in [7, 11) is 0. The fourth-order valence-electron chi connectivity index (χ4n) is 3.25. The van der Waals surface area contributed by atoms with Crippen LogP contribution in [0.15, 0.2) is 0 Å². The summed E-state index contributed by atoms with van der Waals surface area (Å²) in [6.07, 6.45) is 10.3. The molecule has 0 aromatic rings. The van der Waals surface area contributed by atoms with Crippen molar-refractivity contribution >= 4 is 12.6 Å². The fraction of sp³-hybridized carbons (Fsp3) is 0.875. The van der Waals surface area contributed by atoms with Crippen LogP contribution in [-0.4, -0.2) is 5.75 Å². The van der Waals surface area contributed by atoms with Crippen LogP contribution >= 0.6 is 12.6 Å². The maximum Gasteiger partial charge on any atom is 0.0123 e. The molecule has 1 aliphatic carbocycles. The number of thiol groups is 1. The number of hydrogen-bond acceptors (Lipinski definition) is 1. The predicted octanol–water partition coefficient (Wildman–Crippen LogP) is 4.94. The Bertz CT molecular complexity index is 248.